The minimum absolute atomic E-state index is 0.0215. The summed E-state index contributed by atoms with van der Waals surface area (Å²) in [6, 6.07) is 16.2. The predicted molar refractivity (Wildman–Crippen MR) is 115 cm³/mol. The van der Waals surface area contributed by atoms with Crippen molar-refractivity contribution >= 4 is 33.8 Å². The van der Waals surface area contributed by atoms with Gasteiger partial charge in [-0.3, -0.25) is 20.2 Å². The third-order valence-electron chi connectivity index (χ3n) is 4.92. The third-order valence-corrected chi connectivity index (χ3v) is 4.92. The monoisotopic (exact) mass is 419 g/mol. The number of hydrogen-bond acceptors (Lipinski definition) is 6. The maximum absolute atomic E-state index is 13.2. The van der Waals surface area contributed by atoms with E-state index in [2.05, 4.69) is 5.32 Å². The molecule has 3 aromatic carbocycles. The van der Waals surface area contributed by atoms with Crippen LogP contribution in [0.4, 0.5) is 22.9 Å². The zero-order chi connectivity index (χ0) is 22.3. The lowest BCUT2D eigenvalue weighted by molar-refractivity contribution is -0.658. The van der Waals surface area contributed by atoms with Crippen molar-refractivity contribution in [1.82, 2.24) is 4.68 Å². The molecule has 156 valence electrons. The van der Waals surface area contributed by atoms with Crippen molar-refractivity contribution in [3.63, 3.8) is 0 Å². The minimum Gasteiger partial charge on any atom is -0.595 e. The molecule has 0 aliphatic heterocycles. The van der Waals surface area contributed by atoms with Gasteiger partial charge in [-0.2, -0.15) is 0 Å². The summed E-state index contributed by atoms with van der Waals surface area (Å²) < 4.78 is 1.22. The van der Waals surface area contributed by atoms with Crippen LogP contribution in [0.25, 0.3) is 16.6 Å². The summed E-state index contributed by atoms with van der Waals surface area (Å²) in [4.78, 5) is 22.0. The predicted octanol–water partition coefficient (Wildman–Crippen LogP) is 4.44. The SMILES string of the molecule is Cc1ccc(Nc2c3c([N+](=O)[O-])cc([N+](=O)[O-])cc3[n+]([O-])n2-c2ccc(C)cc2)cc1. The molecule has 1 N–H and O–H groups in total. The highest BCUT2D eigenvalue weighted by Crippen LogP contribution is 2.37. The number of nitro benzene ring substituents is 2. The molecule has 0 atom stereocenters. The maximum Gasteiger partial charge on any atom is 0.294 e. The van der Waals surface area contributed by atoms with Crippen LogP contribution in [0.2, 0.25) is 0 Å². The van der Waals surface area contributed by atoms with Crippen LogP contribution in [-0.4, -0.2) is 14.5 Å². The van der Waals surface area contributed by atoms with Crippen LogP contribution >= 0.6 is 0 Å². The van der Waals surface area contributed by atoms with Crippen LogP contribution in [0.3, 0.4) is 0 Å². The maximum atomic E-state index is 13.2. The number of aryl methyl sites for hydroxylation is 2. The second-order valence-corrected chi connectivity index (χ2v) is 7.13. The molecule has 31 heavy (non-hydrogen) atoms. The zero-order valence-electron chi connectivity index (χ0n) is 16.6. The number of nitro groups is 2. The van der Waals surface area contributed by atoms with Crippen LogP contribution < -0.4 is 10.2 Å². The van der Waals surface area contributed by atoms with E-state index < -0.39 is 21.2 Å². The van der Waals surface area contributed by atoms with Crippen molar-refractivity contribution in [1.29, 1.82) is 0 Å². The molecule has 1 aromatic heterocycles. The smallest absolute Gasteiger partial charge is 0.294 e. The molecule has 4 aromatic rings. The van der Waals surface area contributed by atoms with E-state index in [-0.39, 0.29) is 16.7 Å². The van der Waals surface area contributed by atoms with Crippen molar-refractivity contribution in [3.05, 3.63) is 97.2 Å². The van der Waals surface area contributed by atoms with Crippen molar-refractivity contribution in [2.45, 2.75) is 13.8 Å². The summed E-state index contributed by atoms with van der Waals surface area (Å²) in [6.45, 7) is 3.81. The summed E-state index contributed by atoms with van der Waals surface area (Å²) in [5.41, 5.74) is 1.78. The molecule has 1 heterocycles. The molecular weight excluding hydrogens is 402 g/mol. The third kappa shape index (κ3) is 3.50. The largest absolute Gasteiger partial charge is 0.595 e. The Bertz CT molecular complexity index is 1330. The molecule has 0 saturated carbocycles. The molecule has 10 heteroatoms. The molecule has 0 radical (unpaired) electrons. The summed E-state index contributed by atoms with van der Waals surface area (Å²) >= 11 is 0. The molecule has 10 nitrogen and oxygen atoms in total. The van der Waals surface area contributed by atoms with E-state index in [9.17, 15) is 25.4 Å². The van der Waals surface area contributed by atoms with E-state index in [0.29, 0.717) is 16.2 Å². The van der Waals surface area contributed by atoms with Gasteiger partial charge in [0.2, 0.25) is 0 Å². The Morgan fingerprint density at radius 1 is 0.871 bits per heavy atom. The highest BCUT2D eigenvalue weighted by molar-refractivity contribution is 5.99. The van der Waals surface area contributed by atoms with Crippen molar-refractivity contribution < 1.29 is 14.7 Å². The fraction of sp³-hybridized carbons (Fsp3) is 0.0952. The molecule has 0 bridgehead atoms. The number of hydrogen-bond donors (Lipinski definition) is 1. The van der Waals surface area contributed by atoms with E-state index in [1.807, 2.05) is 26.0 Å². The highest BCUT2D eigenvalue weighted by atomic mass is 16.6. The molecular formula is C21H17N5O5. The van der Waals surface area contributed by atoms with E-state index in [0.717, 1.165) is 23.3 Å². The van der Waals surface area contributed by atoms with Crippen LogP contribution in [0.5, 0.6) is 0 Å². The number of non-ortho nitro benzene ring substituents is 2. The van der Waals surface area contributed by atoms with Crippen molar-refractivity contribution in [2.24, 2.45) is 0 Å². The summed E-state index contributed by atoms with van der Waals surface area (Å²) in [5, 5.41) is 39.4. The number of nitrogens with zero attached hydrogens (tertiary/aromatic N) is 4. The Morgan fingerprint density at radius 2 is 1.45 bits per heavy atom. The first-order chi connectivity index (χ1) is 14.8. The lowest BCUT2D eigenvalue weighted by atomic mass is 10.1. The van der Waals surface area contributed by atoms with E-state index in [4.69, 9.17) is 0 Å². The molecule has 0 saturated heterocycles. The van der Waals surface area contributed by atoms with Crippen LogP contribution in [-0.2, 0) is 0 Å². The molecule has 0 aliphatic carbocycles. The van der Waals surface area contributed by atoms with E-state index >= 15 is 0 Å². The van der Waals surface area contributed by atoms with E-state index in [1.54, 1.807) is 36.4 Å². The van der Waals surface area contributed by atoms with Crippen LogP contribution in [0, 0.1) is 39.3 Å². The standard InChI is InChI=1S/C21H17N5O5/c1-13-3-7-15(8-4-13)22-21-20-18(11-17(25(28)29)12-19(20)26(30)31)24(27)23(21)16-9-5-14(2)6-10-16/h3-12,22H,1-2H3. The molecule has 0 fully saturated rings. The Balaban J connectivity index is 2.08. The Morgan fingerprint density at radius 3 is 2.00 bits per heavy atom. The summed E-state index contributed by atoms with van der Waals surface area (Å²) in [6.07, 6.45) is 0. The number of anilines is 2. The minimum atomic E-state index is -0.761. The summed E-state index contributed by atoms with van der Waals surface area (Å²) in [7, 11) is 0. The molecule has 4 rings (SSSR count). The van der Waals surface area contributed by atoms with Gasteiger partial charge in [-0.15, -0.1) is 0 Å². The first kappa shape index (κ1) is 19.8. The van der Waals surface area contributed by atoms with Crippen molar-refractivity contribution in [3.8, 4) is 5.69 Å². The second-order valence-electron chi connectivity index (χ2n) is 7.13. The van der Waals surface area contributed by atoms with Gasteiger partial charge in [0.05, 0.1) is 22.0 Å². The normalized spacial score (nSPS) is 10.9. The average Bonchev–Trinajstić information content (AvgIpc) is 3.01. The summed E-state index contributed by atoms with van der Waals surface area (Å²) in [5.74, 6) is 0.138. The second kappa shape index (κ2) is 7.41. The topological polar surface area (TPSA) is 130 Å². The van der Waals surface area contributed by atoms with E-state index in [1.165, 1.54) is 4.68 Å². The number of nitrogens with one attached hydrogen (secondary N) is 1. The van der Waals surface area contributed by atoms with Crippen LogP contribution in [0.15, 0.2) is 60.7 Å². The van der Waals surface area contributed by atoms with Gasteiger partial charge >= 0.3 is 0 Å². The number of benzene rings is 3. The molecule has 0 amide bonds. The van der Waals surface area contributed by atoms with Crippen molar-refractivity contribution in [2.75, 3.05) is 5.32 Å². The lowest BCUT2D eigenvalue weighted by Crippen LogP contribution is -2.36. The zero-order valence-corrected chi connectivity index (χ0v) is 16.6. The van der Waals surface area contributed by atoms with Crippen LogP contribution in [0.1, 0.15) is 11.1 Å². The first-order valence-electron chi connectivity index (χ1n) is 9.28. The van der Waals surface area contributed by atoms with Gasteiger partial charge in [0.25, 0.3) is 16.9 Å². The fourth-order valence-corrected chi connectivity index (χ4v) is 3.35. The van der Waals surface area contributed by atoms with Gasteiger partial charge in [0.1, 0.15) is 5.69 Å². The highest BCUT2D eigenvalue weighted by Gasteiger charge is 2.33. The Kier molecular flexibility index (Phi) is 4.74. The first-order valence-corrected chi connectivity index (χ1v) is 9.28. The Hall–Kier alpha value is -4.47. The average molecular weight is 419 g/mol. The van der Waals surface area contributed by atoms with Gasteiger partial charge < -0.3 is 10.5 Å². The number of rotatable bonds is 5. The fourth-order valence-electron chi connectivity index (χ4n) is 3.35. The molecule has 0 unspecified atom stereocenters. The van der Waals surface area contributed by atoms with Gasteiger partial charge in [-0.25, -0.2) is 0 Å². The van der Waals surface area contributed by atoms with Gasteiger partial charge in [-0.1, -0.05) is 44.9 Å². The number of aromatic nitrogens is 2. The molecule has 0 spiro atoms. The van der Waals surface area contributed by atoms with Gasteiger partial charge in [0, 0.05) is 5.69 Å². The lowest BCUT2D eigenvalue weighted by Gasteiger charge is -2.10. The van der Waals surface area contributed by atoms with Gasteiger partial charge in [0.15, 0.2) is 11.2 Å². The Labute approximate surface area is 175 Å². The molecule has 0 aliphatic rings. The number of fused-ring (bicyclic) bond motifs is 1. The quantitative estimate of drug-likeness (QED) is 0.220. The van der Waals surface area contributed by atoms with Gasteiger partial charge in [-0.05, 0) is 38.1 Å².